The molecule has 0 unspecified atom stereocenters. The van der Waals surface area contributed by atoms with Crippen molar-refractivity contribution in [3.8, 4) is 5.75 Å². The van der Waals surface area contributed by atoms with Crippen LogP contribution in [0.25, 0.3) is 0 Å². The Kier molecular flexibility index (Phi) is 4.51. The summed E-state index contributed by atoms with van der Waals surface area (Å²) in [6.07, 6.45) is 1.37. The van der Waals surface area contributed by atoms with Crippen LogP contribution in [0.2, 0.25) is 0 Å². The van der Waals surface area contributed by atoms with Crippen LogP contribution in [0.3, 0.4) is 0 Å². The standard InChI is InChI=1S/C17H14F2N4O/c1-24-13-4-2-3-11(7-13)22-16-9-17(21-10-20-16)23-12-5-6-14(18)15(19)8-12/h2-10H,1H3,(H2,20,21,22,23). The number of nitrogens with zero attached hydrogens (tertiary/aromatic N) is 2. The first-order valence-corrected chi connectivity index (χ1v) is 7.09. The SMILES string of the molecule is COc1cccc(Nc2cc(Nc3ccc(F)c(F)c3)ncn2)c1. The lowest BCUT2D eigenvalue weighted by atomic mass is 10.3. The number of methoxy groups -OCH3 is 1. The molecule has 0 amide bonds. The van der Waals surface area contributed by atoms with Gasteiger partial charge in [0.25, 0.3) is 0 Å². The molecule has 0 atom stereocenters. The van der Waals surface area contributed by atoms with Crippen LogP contribution >= 0.6 is 0 Å². The zero-order valence-electron chi connectivity index (χ0n) is 12.8. The van der Waals surface area contributed by atoms with Crippen LogP contribution in [0, 0.1) is 11.6 Å². The Morgan fingerprint density at radius 3 is 2.21 bits per heavy atom. The molecule has 1 heterocycles. The molecular weight excluding hydrogens is 314 g/mol. The first kappa shape index (κ1) is 15.7. The summed E-state index contributed by atoms with van der Waals surface area (Å²) in [5, 5.41) is 6.02. The van der Waals surface area contributed by atoms with Gasteiger partial charge in [0.15, 0.2) is 11.6 Å². The van der Waals surface area contributed by atoms with Crippen LogP contribution in [-0.2, 0) is 0 Å². The molecule has 0 bridgehead atoms. The van der Waals surface area contributed by atoms with Crippen molar-refractivity contribution in [3.05, 3.63) is 66.5 Å². The average Bonchev–Trinajstić information content (AvgIpc) is 2.59. The quantitative estimate of drug-likeness (QED) is 0.733. The van der Waals surface area contributed by atoms with Crippen LogP contribution in [0.15, 0.2) is 54.9 Å². The van der Waals surface area contributed by atoms with Crippen molar-refractivity contribution in [2.75, 3.05) is 17.7 Å². The third-order valence-electron chi connectivity index (χ3n) is 3.20. The Morgan fingerprint density at radius 2 is 1.54 bits per heavy atom. The number of benzene rings is 2. The van der Waals surface area contributed by atoms with Gasteiger partial charge in [-0.3, -0.25) is 0 Å². The third kappa shape index (κ3) is 3.75. The van der Waals surface area contributed by atoms with Gasteiger partial charge in [0, 0.05) is 29.6 Å². The largest absolute Gasteiger partial charge is 0.497 e. The highest BCUT2D eigenvalue weighted by Gasteiger charge is 2.05. The number of rotatable bonds is 5. The van der Waals surface area contributed by atoms with Crippen molar-refractivity contribution in [1.29, 1.82) is 0 Å². The summed E-state index contributed by atoms with van der Waals surface area (Å²) < 4.78 is 31.4. The van der Waals surface area contributed by atoms with E-state index in [1.165, 1.54) is 12.4 Å². The zero-order chi connectivity index (χ0) is 16.9. The van der Waals surface area contributed by atoms with Crippen molar-refractivity contribution in [2.45, 2.75) is 0 Å². The molecule has 0 saturated heterocycles. The fourth-order valence-electron chi connectivity index (χ4n) is 2.06. The van der Waals surface area contributed by atoms with E-state index in [9.17, 15) is 8.78 Å². The number of aromatic nitrogens is 2. The summed E-state index contributed by atoms with van der Waals surface area (Å²) in [6.45, 7) is 0. The lowest BCUT2D eigenvalue weighted by molar-refractivity contribution is 0.415. The van der Waals surface area contributed by atoms with Gasteiger partial charge >= 0.3 is 0 Å². The molecule has 0 saturated carbocycles. The lowest BCUT2D eigenvalue weighted by Crippen LogP contribution is -1.99. The van der Waals surface area contributed by atoms with Gasteiger partial charge in [-0.05, 0) is 24.3 Å². The van der Waals surface area contributed by atoms with E-state index in [1.807, 2.05) is 24.3 Å². The van der Waals surface area contributed by atoms with E-state index >= 15 is 0 Å². The van der Waals surface area contributed by atoms with Crippen LogP contribution in [0.4, 0.5) is 31.8 Å². The monoisotopic (exact) mass is 328 g/mol. The van der Waals surface area contributed by atoms with E-state index in [1.54, 1.807) is 13.2 Å². The summed E-state index contributed by atoms with van der Waals surface area (Å²) in [4.78, 5) is 8.19. The topological polar surface area (TPSA) is 59.1 Å². The number of nitrogens with one attached hydrogen (secondary N) is 2. The van der Waals surface area contributed by atoms with E-state index in [0.29, 0.717) is 23.1 Å². The molecule has 24 heavy (non-hydrogen) atoms. The highest BCUT2D eigenvalue weighted by atomic mass is 19.2. The summed E-state index contributed by atoms with van der Waals surface area (Å²) >= 11 is 0. The van der Waals surface area contributed by atoms with Gasteiger partial charge in [0.1, 0.15) is 23.7 Å². The number of hydrogen-bond acceptors (Lipinski definition) is 5. The second-order valence-corrected chi connectivity index (χ2v) is 4.90. The van der Waals surface area contributed by atoms with Crippen LogP contribution < -0.4 is 15.4 Å². The van der Waals surface area contributed by atoms with Crippen LogP contribution in [-0.4, -0.2) is 17.1 Å². The molecule has 2 N–H and O–H groups in total. The van der Waals surface area contributed by atoms with E-state index in [-0.39, 0.29) is 0 Å². The fraction of sp³-hybridized carbons (Fsp3) is 0.0588. The summed E-state index contributed by atoms with van der Waals surface area (Å²) in [6, 6.07) is 12.6. The Hall–Kier alpha value is -3.22. The highest BCUT2D eigenvalue weighted by Crippen LogP contribution is 2.22. The van der Waals surface area contributed by atoms with E-state index in [2.05, 4.69) is 20.6 Å². The van der Waals surface area contributed by atoms with Gasteiger partial charge in [-0.2, -0.15) is 0 Å². The first-order valence-electron chi connectivity index (χ1n) is 7.09. The molecule has 0 aliphatic heterocycles. The predicted octanol–water partition coefficient (Wildman–Crippen LogP) is 4.25. The third-order valence-corrected chi connectivity index (χ3v) is 3.20. The Bertz CT molecular complexity index is 857. The molecule has 0 aliphatic carbocycles. The first-order chi connectivity index (χ1) is 11.6. The minimum atomic E-state index is -0.927. The van der Waals surface area contributed by atoms with Crippen molar-refractivity contribution in [3.63, 3.8) is 0 Å². The highest BCUT2D eigenvalue weighted by molar-refractivity contribution is 5.63. The van der Waals surface area contributed by atoms with Gasteiger partial charge in [-0.15, -0.1) is 0 Å². The lowest BCUT2D eigenvalue weighted by Gasteiger charge is -2.09. The second kappa shape index (κ2) is 6.91. The molecule has 7 heteroatoms. The molecule has 3 rings (SSSR count). The number of halogens is 2. The molecule has 0 radical (unpaired) electrons. The van der Waals surface area contributed by atoms with Gasteiger partial charge in [-0.1, -0.05) is 6.07 Å². The number of ether oxygens (including phenoxy) is 1. The maximum absolute atomic E-state index is 13.2. The fourth-order valence-corrected chi connectivity index (χ4v) is 2.06. The van der Waals surface area contributed by atoms with Crippen molar-refractivity contribution < 1.29 is 13.5 Å². The smallest absolute Gasteiger partial charge is 0.160 e. The molecule has 1 aromatic heterocycles. The Balaban J connectivity index is 1.77. The molecule has 5 nitrogen and oxygen atoms in total. The maximum Gasteiger partial charge on any atom is 0.160 e. The average molecular weight is 328 g/mol. The van der Waals surface area contributed by atoms with Gasteiger partial charge in [0.2, 0.25) is 0 Å². The summed E-state index contributed by atoms with van der Waals surface area (Å²) in [7, 11) is 1.59. The molecule has 0 spiro atoms. The molecule has 0 aliphatic rings. The van der Waals surface area contributed by atoms with Gasteiger partial charge in [-0.25, -0.2) is 18.7 Å². The predicted molar refractivity (Wildman–Crippen MR) is 87.9 cm³/mol. The normalized spacial score (nSPS) is 10.3. The van der Waals surface area contributed by atoms with Crippen LogP contribution in [0.1, 0.15) is 0 Å². The number of hydrogen-bond donors (Lipinski definition) is 2. The minimum absolute atomic E-state index is 0.389. The molecule has 0 fully saturated rings. The molecular formula is C17H14F2N4O. The summed E-state index contributed by atoms with van der Waals surface area (Å²) in [5.74, 6) is -0.119. The van der Waals surface area contributed by atoms with Crippen molar-refractivity contribution in [2.24, 2.45) is 0 Å². The van der Waals surface area contributed by atoms with Gasteiger partial charge in [0.05, 0.1) is 7.11 Å². The Labute approximate surface area is 137 Å². The molecule has 2 aromatic carbocycles. The maximum atomic E-state index is 13.2. The van der Waals surface area contributed by atoms with Crippen molar-refractivity contribution in [1.82, 2.24) is 9.97 Å². The van der Waals surface area contributed by atoms with Crippen molar-refractivity contribution >= 4 is 23.0 Å². The van der Waals surface area contributed by atoms with E-state index in [0.717, 1.165) is 17.8 Å². The van der Waals surface area contributed by atoms with Gasteiger partial charge < -0.3 is 15.4 Å². The van der Waals surface area contributed by atoms with E-state index < -0.39 is 11.6 Å². The summed E-state index contributed by atoms with van der Waals surface area (Å²) in [5.41, 5.74) is 1.19. The Morgan fingerprint density at radius 1 is 0.833 bits per heavy atom. The molecule has 3 aromatic rings. The minimum Gasteiger partial charge on any atom is -0.497 e. The van der Waals surface area contributed by atoms with E-state index in [4.69, 9.17) is 4.74 Å². The second-order valence-electron chi connectivity index (χ2n) is 4.90. The zero-order valence-corrected chi connectivity index (χ0v) is 12.8. The molecule has 122 valence electrons. The van der Waals surface area contributed by atoms with Crippen LogP contribution in [0.5, 0.6) is 5.75 Å². The number of anilines is 4.